The van der Waals surface area contributed by atoms with Crippen molar-refractivity contribution < 1.29 is 30.0 Å². The highest BCUT2D eigenvalue weighted by molar-refractivity contribution is 5.94. The summed E-state index contributed by atoms with van der Waals surface area (Å²) < 4.78 is 5.18. The van der Waals surface area contributed by atoms with E-state index in [-0.39, 0.29) is 0 Å². The molecule has 0 aliphatic carbocycles. The van der Waals surface area contributed by atoms with Crippen LogP contribution in [0.4, 0.5) is 0 Å². The molecule has 0 spiro atoms. The molecule has 1 aromatic carbocycles. The van der Waals surface area contributed by atoms with E-state index in [1.807, 2.05) is 0 Å². The Morgan fingerprint density at radius 3 is 2.35 bits per heavy atom. The monoisotopic (exact) mass is 283 g/mol. The minimum atomic E-state index is -1.51. The Kier molecular flexibility index (Phi) is 4.69. The predicted octanol–water partition coefficient (Wildman–Crippen LogP) is -1.78. The lowest BCUT2D eigenvalue weighted by atomic mass is 9.98. The van der Waals surface area contributed by atoms with Crippen LogP contribution in [0.25, 0.3) is 0 Å². The van der Waals surface area contributed by atoms with Gasteiger partial charge in [-0.2, -0.15) is 0 Å². The number of nitrogens with one attached hydrogen (secondary N) is 1. The summed E-state index contributed by atoms with van der Waals surface area (Å²) in [5.74, 6) is -0.491. The molecule has 5 atom stereocenters. The van der Waals surface area contributed by atoms with Crippen molar-refractivity contribution in [2.75, 3.05) is 6.61 Å². The number of rotatable bonds is 3. The van der Waals surface area contributed by atoms with Crippen molar-refractivity contribution in [1.82, 2.24) is 5.32 Å². The van der Waals surface area contributed by atoms with E-state index >= 15 is 0 Å². The van der Waals surface area contributed by atoms with Crippen LogP contribution >= 0.6 is 0 Å². The van der Waals surface area contributed by atoms with Gasteiger partial charge < -0.3 is 30.5 Å². The molecule has 1 saturated heterocycles. The van der Waals surface area contributed by atoms with Crippen molar-refractivity contribution in [2.45, 2.75) is 30.6 Å². The van der Waals surface area contributed by atoms with Gasteiger partial charge in [-0.1, -0.05) is 18.2 Å². The first-order valence-electron chi connectivity index (χ1n) is 6.21. The second-order valence-corrected chi connectivity index (χ2v) is 4.59. The van der Waals surface area contributed by atoms with Gasteiger partial charge in [-0.25, -0.2) is 0 Å². The molecule has 20 heavy (non-hydrogen) atoms. The number of amides is 1. The van der Waals surface area contributed by atoms with Gasteiger partial charge in [0.25, 0.3) is 5.91 Å². The van der Waals surface area contributed by atoms with Crippen LogP contribution in [0.5, 0.6) is 0 Å². The Hall–Kier alpha value is -1.51. The Morgan fingerprint density at radius 2 is 1.75 bits per heavy atom. The summed E-state index contributed by atoms with van der Waals surface area (Å²) in [4.78, 5) is 11.9. The highest BCUT2D eigenvalue weighted by atomic mass is 16.6. The Morgan fingerprint density at radius 1 is 1.10 bits per heavy atom. The summed E-state index contributed by atoms with van der Waals surface area (Å²) in [6.07, 6.45) is -6.70. The maximum Gasteiger partial charge on any atom is 0.253 e. The van der Waals surface area contributed by atoms with E-state index in [1.165, 1.54) is 0 Å². The normalized spacial score (nSPS) is 33.7. The second kappa shape index (κ2) is 6.29. The average Bonchev–Trinajstić information content (AvgIpc) is 2.48. The van der Waals surface area contributed by atoms with Crippen molar-refractivity contribution in [3.8, 4) is 0 Å². The Bertz CT molecular complexity index is 451. The van der Waals surface area contributed by atoms with Crippen LogP contribution in [-0.4, -0.2) is 63.6 Å². The number of carbonyl (C=O) groups is 1. The molecule has 7 nitrogen and oxygen atoms in total. The van der Waals surface area contributed by atoms with Gasteiger partial charge in [0, 0.05) is 5.56 Å². The number of aliphatic hydroxyl groups excluding tert-OH is 4. The van der Waals surface area contributed by atoms with Crippen LogP contribution < -0.4 is 5.32 Å². The van der Waals surface area contributed by atoms with E-state index in [4.69, 9.17) is 9.84 Å². The SMILES string of the molecule is O=C(N[C@@H]1O[C@H](CO)[C@H](O)[C@H](O)[C@H]1O)c1ccccc1. The number of aliphatic hydroxyl groups is 4. The van der Waals surface area contributed by atoms with Gasteiger partial charge in [0.05, 0.1) is 6.61 Å². The van der Waals surface area contributed by atoms with Gasteiger partial charge in [0.1, 0.15) is 24.4 Å². The van der Waals surface area contributed by atoms with E-state index in [9.17, 15) is 20.1 Å². The van der Waals surface area contributed by atoms with Crippen LogP contribution in [0.3, 0.4) is 0 Å². The summed E-state index contributed by atoms with van der Waals surface area (Å²) in [5, 5.41) is 40.5. The summed E-state index contributed by atoms with van der Waals surface area (Å²) in [6, 6.07) is 8.29. The first-order chi connectivity index (χ1) is 9.54. The maximum absolute atomic E-state index is 11.9. The standard InChI is InChI=1S/C13H17NO6/c15-6-8-9(16)10(17)11(18)13(20-8)14-12(19)7-4-2-1-3-5-7/h1-5,8-11,13,15-18H,6H2,(H,14,19)/t8-,9+,10+,11-,13-/m1/s1. The first-order valence-corrected chi connectivity index (χ1v) is 6.21. The molecule has 1 amide bonds. The lowest BCUT2D eigenvalue weighted by Gasteiger charge is -2.40. The van der Waals surface area contributed by atoms with Gasteiger partial charge in [-0.15, -0.1) is 0 Å². The highest BCUT2D eigenvalue weighted by Gasteiger charge is 2.43. The van der Waals surface area contributed by atoms with Crippen molar-refractivity contribution >= 4 is 5.91 Å². The molecule has 110 valence electrons. The Balaban J connectivity index is 2.06. The zero-order chi connectivity index (χ0) is 14.7. The third-order valence-corrected chi connectivity index (χ3v) is 3.20. The third kappa shape index (κ3) is 2.97. The average molecular weight is 283 g/mol. The summed E-state index contributed by atoms with van der Waals surface area (Å²) in [7, 11) is 0. The molecular formula is C13H17NO6. The van der Waals surface area contributed by atoms with Crippen LogP contribution in [0.2, 0.25) is 0 Å². The Labute approximate surface area is 115 Å². The molecule has 0 aromatic heterocycles. The van der Waals surface area contributed by atoms with Crippen molar-refractivity contribution in [2.24, 2.45) is 0 Å². The van der Waals surface area contributed by atoms with Crippen LogP contribution in [0.1, 0.15) is 10.4 Å². The van der Waals surface area contributed by atoms with Crippen molar-refractivity contribution in [3.05, 3.63) is 35.9 Å². The van der Waals surface area contributed by atoms with Gasteiger partial charge in [-0.3, -0.25) is 4.79 Å². The van der Waals surface area contributed by atoms with Gasteiger partial charge >= 0.3 is 0 Å². The fraction of sp³-hybridized carbons (Fsp3) is 0.462. The topological polar surface area (TPSA) is 119 Å². The number of carbonyl (C=O) groups excluding carboxylic acids is 1. The van der Waals surface area contributed by atoms with Crippen molar-refractivity contribution in [3.63, 3.8) is 0 Å². The number of hydrogen-bond acceptors (Lipinski definition) is 6. The van der Waals surface area contributed by atoms with E-state index in [1.54, 1.807) is 30.3 Å². The largest absolute Gasteiger partial charge is 0.394 e. The van der Waals surface area contributed by atoms with Crippen LogP contribution in [0, 0.1) is 0 Å². The molecule has 1 heterocycles. The van der Waals surface area contributed by atoms with E-state index in [2.05, 4.69) is 5.32 Å². The molecule has 7 heteroatoms. The zero-order valence-electron chi connectivity index (χ0n) is 10.6. The molecule has 0 unspecified atom stereocenters. The molecule has 2 rings (SSSR count). The van der Waals surface area contributed by atoms with Crippen molar-refractivity contribution in [1.29, 1.82) is 0 Å². The second-order valence-electron chi connectivity index (χ2n) is 4.59. The molecule has 0 saturated carbocycles. The van der Waals surface area contributed by atoms with Crippen LogP contribution in [-0.2, 0) is 4.74 Å². The van der Waals surface area contributed by atoms with Crippen LogP contribution in [0.15, 0.2) is 30.3 Å². The summed E-state index contributed by atoms with van der Waals surface area (Å²) in [6.45, 7) is -0.539. The maximum atomic E-state index is 11.9. The number of hydrogen-bond donors (Lipinski definition) is 5. The molecule has 1 fully saturated rings. The first kappa shape index (κ1) is 14.9. The fourth-order valence-corrected chi connectivity index (χ4v) is 2.02. The van der Waals surface area contributed by atoms with E-state index in [0.717, 1.165) is 0 Å². The van der Waals surface area contributed by atoms with E-state index < -0.39 is 43.2 Å². The van der Waals surface area contributed by atoms with Gasteiger partial charge in [-0.05, 0) is 12.1 Å². The number of ether oxygens (including phenoxy) is 1. The molecule has 0 radical (unpaired) electrons. The highest BCUT2D eigenvalue weighted by Crippen LogP contribution is 2.20. The lowest BCUT2D eigenvalue weighted by molar-refractivity contribution is -0.233. The van der Waals surface area contributed by atoms with E-state index in [0.29, 0.717) is 5.56 Å². The lowest BCUT2D eigenvalue weighted by Crippen LogP contribution is -2.63. The fourth-order valence-electron chi connectivity index (χ4n) is 2.02. The molecule has 5 N–H and O–H groups in total. The smallest absolute Gasteiger partial charge is 0.253 e. The van der Waals surface area contributed by atoms with Gasteiger partial charge in [0.15, 0.2) is 6.23 Å². The quantitative estimate of drug-likeness (QED) is 0.447. The third-order valence-electron chi connectivity index (χ3n) is 3.20. The summed E-state index contributed by atoms with van der Waals surface area (Å²) in [5.41, 5.74) is 0.365. The predicted molar refractivity (Wildman–Crippen MR) is 67.7 cm³/mol. The minimum absolute atomic E-state index is 0.365. The molecule has 0 bridgehead atoms. The summed E-state index contributed by atoms with van der Waals surface area (Å²) >= 11 is 0. The molecule has 1 aromatic rings. The minimum Gasteiger partial charge on any atom is -0.394 e. The molecule has 1 aliphatic rings. The van der Waals surface area contributed by atoms with Gasteiger partial charge in [0.2, 0.25) is 0 Å². The molecule has 1 aliphatic heterocycles. The molecular weight excluding hydrogens is 266 g/mol. The zero-order valence-corrected chi connectivity index (χ0v) is 10.6. The number of benzene rings is 1.